The second kappa shape index (κ2) is 7.82. The molecule has 1 aromatic carbocycles. The largest absolute Gasteiger partial charge is 0.493 e. The molecule has 3 rings (SSSR count). The molecule has 25 heavy (non-hydrogen) atoms. The number of aromatic amines is 1. The Labute approximate surface area is 153 Å². The zero-order chi connectivity index (χ0) is 17.8. The van der Waals surface area contributed by atoms with Crippen LogP contribution >= 0.6 is 15.9 Å². The molecule has 0 saturated heterocycles. The number of rotatable bonds is 5. The van der Waals surface area contributed by atoms with Gasteiger partial charge in [-0.25, -0.2) is 4.98 Å². The van der Waals surface area contributed by atoms with E-state index in [2.05, 4.69) is 31.2 Å². The number of hydrogen-bond acceptors (Lipinski definition) is 4. The highest BCUT2D eigenvalue weighted by molar-refractivity contribution is 9.10. The van der Waals surface area contributed by atoms with Gasteiger partial charge in [-0.2, -0.15) is 0 Å². The molecule has 0 radical (unpaired) electrons. The lowest BCUT2D eigenvalue weighted by atomic mass is 9.89. The van der Waals surface area contributed by atoms with Crippen molar-refractivity contribution >= 4 is 21.8 Å². The summed E-state index contributed by atoms with van der Waals surface area (Å²) in [5.41, 5.74) is 0.457. The average molecular weight is 406 g/mol. The van der Waals surface area contributed by atoms with Crippen LogP contribution in [-0.2, 0) is 4.79 Å². The van der Waals surface area contributed by atoms with Gasteiger partial charge in [0.2, 0.25) is 11.8 Å². The minimum Gasteiger partial charge on any atom is -0.493 e. The summed E-state index contributed by atoms with van der Waals surface area (Å²) < 4.78 is 0.898. The van der Waals surface area contributed by atoms with Crippen molar-refractivity contribution in [1.29, 1.82) is 0 Å². The van der Waals surface area contributed by atoms with Gasteiger partial charge in [-0.3, -0.25) is 9.59 Å². The molecular weight excluding hydrogens is 386 g/mol. The summed E-state index contributed by atoms with van der Waals surface area (Å²) in [5, 5.41) is 13.1. The number of hydrogen-bond donors (Lipinski definition) is 3. The van der Waals surface area contributed by atoms with Crippen molar-refractivity contribution in [1.82, 2.24) is 15.3 Å². The van der Waals surface area contributed by atoms with Crippen LogP contribution in [0.1, 0.15) is 49.1 Å². The van der Waals surface area contributed by atoms with Crippen molar-refractivity contribution in [3.8, 4) is 5.88 Å². The quantitative estimate of drug-likeness (QED) is 0.712. The molecule has 0 spiro atoms. The number of carbonyl (C=O) groups excluding carboxylic acids is 1. The molecule has 1 amide bonds. The van der Waals surface area contributed by atoms with E-state index < -0.39 is 11.5 Å². The number of aromatic nitrogens is 2. The minimum absolute atomic E-state index is 0.0838. The van der Waals surface area contributed by atoms with Crippen molar-refractivity contribution in [2.75, 3.05) is 0 Å². The minimum atomic E-state index is -0.563. The number of carbonyl (C=O) groups is 1. The summed E-state index contributed by atoms with van der Waals surface area (Å²) in [6, 6.07) is 7.57. The molecule has 1 aliphatic rings. The van der Waals surface area contributed by atoms with E-state index in [0.717, 1.165) is 42.0 Å². The number of amides is 1. The molecule has 1 aromatic heterocycles. The lowest BCUT2D eigenvalue weighted by Crippen LogP contribution is -2.34. The highest BCUT2D eigenvalue weighted by atomic mass is 79.9. The Morgan fingerprint density at radius 2 is 2.00 bits per heavy atom. The predicted octanol–water partition coefficient (Wildman–Crippen LogP) is 2.82. The maximum atomic E-state index is 12.5. The van der Waals surface area contributed by atoms with Crippen LogP contribution in [0.2, 0.25) is 0 Å². The number of nitrogens with one attached hydrogen (secondary N) is 2. The smallest absolute Gasteiger partial charge is 0.258 e. The summed E-state index contributed by atoms with van der Waals surface area (Å²) in [6.07, 6.45) is 5.48. The summed E-state index contributed by atoms with van der Waals surface area (Å²) >= 11 is 3.38. The van der Waals surface area contributed by atoms with E-state index in [0.29, 0.717) is 0 Å². The summed E-state index contributed by atoms with van der Waals surface area (Å²) in [4.78, 5) is 31.0. The molecule has 0 bridgehead atoms. The van der Waals surface area contributed by atoms with Gasteiger partial charge in [0.15, 0.2) is 0 Å². The Bertz CT molecular complexity index is 798. The Morgan fingerprint density at radius 1 is 1.32 bits per heavy atom. The van der Waals surface area contributed by atoms with E-state index in [-0.39, 0.29) is 29.8 Å². The van der Waals surface area contributed by atoms with Crippen LogP contribution in [0.5, 0.6) is 5.88 Å². The molecule has 1 atom stereocenters. The fraction of sp³-hybridized carbons (Fsp3) is 0.389. The number of nitrogens with zero attached hydrogens (tertiary/aromatic N) is 1. The van der Waals surface area contributed by atoms with E-state index >= 15 is 0 Å². The van der Waals surface area contributed by atoms with Gasteiger partial charge < -0.3 is 15.4 Å². The van der Waals surface area contributed by atoms with Crippen molar-refractivity contribution in [2.24, 2.45) is 0 Å². The monoisotopic (exact) mass is 405 g/mol. The molecule has 1 unspecified atom stereocenters. The maximum absolute atomic E-state index is 12.5. The zero-order valence-corrected chi connectivity index (χ0v) is 15.3. The molecule has 2 aromatic rings. The lowest BCUT2D eigenvalue weighted by Gasteiger charge is -2.19. The molecule has 1 fully saturated rings. The maximum Gasteiger partial charge on any atom is 0.258 e. The highest BCUT2D eigenvalue weighted by Gasteiger charge is 2.26. The first-order chi connectivity index (χ1) is 12.0. The van der Waals surface area contributed by atoms with Crippen LogP contribution in [0.25, 0.3) is 0 Å². The molecule has 0 aliphatic heterocycles. The van der Waals surface area contributed by atoms with Gasteiger partial charge in [0.1, 0.15) is 0 Å². The van der Waals surface area contributed by atoms with Crippen molar-refractivity contribution < 1.29 is 9.90 Å². The molecule has 1 saturated carbocycles. The Morgan fingerprint density at radius 3 is 2.64 bits per heavy atom. The van der Waals surface area contributed by atoms with Gasteiger partial charge in [-0.1, -0.05) is 40.9 Å². The molecular formula is C18H20BrN3O3. The van der Waals surface area contributed by atoms with Crippen molar-refractivity contribution in [2.45, 2.75) is 44.1 Å². The van der Waals surface area contributed by atoms with Crippen LogP contribution in [0.15, 0.2) is 39.9 Å². The van der Waals surface area contributed by atoms with Crippen LogP contribution < -0.4 is 10.9 Å². The zero-order valence-electron chi connectivity index (χ0n) is 13.7. The van der Waals surface area contributed by atoms with E-state index in [1.165, 1.54) is 0 Å². The van der Waals surface area contributed by atoms with Gasteiger partial charge in [0.25, 0.3) is 5.56 Å². The standard InChI is InChI=1S/C18H20BrN3O3/c19-12-7-5-11(6-8-12)14(16-17(24)20-10-21-18(16)25)9-15(23)22-13-3-1-2-4-13/h5-8,10,13-14H,1-4,9H2,(H,22,23)(H2,20,21,24,25). The third-order valence-electron chi connectivity index (χ3n) is 4.60. The molecule has 6 nitrogen and oxygen atoms in total. The van der Waals surface area contributed by atoms with Crippen molar-refractivity contribution in [3.05, 3.63) is 56.5 Å². The first kappa shape index (κ1) is 17.7. The predicted molar refractivity (Wildman–Crippen MR) is 97.5 cm³/mol. The van der Waals surface area contributed by atoms with Gasteiger partial charge in [0.05, 0.1) is 11.9 Å². The van der Waals surface area contributed by atoms with Gasteiger partial charge in [-0.05, 0) is 30.5 Å². The Hall–Kier alpha value is -2.15. The Balaban J connectivity index is 1.90. The fourth-order valence-electron chi connectivity index (χ4n) is 3.34. The molecule has 1 aliphatic carbocycles. The fourth-order valence-corrected chi connectivity index (χ4v) is 3.60. The van der Waals surface area contributed by atoms with Crippen molar-refractivity contribution in [3.63, 3.8) is 0 Å². The second-order valence-corrected chi connectivity index (χ2v) is 7.24. The van der Waals surface area contributed by atoms with Crippen LogP contribution in [-0.4, -0.2) is 27.0 Å². The summed E-state index contributed by atoms with van der Waals surface area (Å²) in [5.74, 6) is -1.03. The second-order valence-electron chi connectivity index (χ2n) is 6.33. The van der Waals surface area contributed by atoms with E-state index in [1.54, 1.807) is 0 Å². The lowest BCUT2D eigenvalue weighted by molar-refractivity contribution is -0.122. The Kier molecular flexibility index (Phi) is 5.53. The first-order valence-electron chi connectivity index (χ1n) is 8.36. The van der Waals surface area contributed by atoms with E-state index in [9.17, 15) is 14.7 Å². The van der Waals surface area contributed by atoms with Crippen LogP contribution in [0.4, 0.5) is 0 Å². The van der Waals surface area contributed by atoms with Crippen LogP contribution in [0, 0.1) is 0 Å². The summed E-state index contributed by atoms with van der Waals surface area (Å²) in [7, 11) is 0. The van der Waals surface area contributed by atoms with E-state index in [4.69, 9.17) is 0 Å². The van der Waals surface area contributed by atoms with Gasteiger partial charge >= 0.3 is 0 Å². The highest BCUT2D eigenvalue weighted by Crippen LogP contribution is 2.31. The molecule has 7 heteroatoms. The SMILES string of the molecule is O=C(CC(c1ccc(Br)cc1)c1c(O)nc[nH]c1=O)NC1CCCC1. The number of aromatic hydroxyl groups is 1. The third-order valence-corrected chi connectivity index (χ3v) is 5.13. The molecule has 132 valence electrons. The third kappa shape index (κ3) is 4.28. The summed E-state index contributed by atoms with van der Waals surface area (Å²) in [6.45, 7) is 0. The molecule has 1 heterocycles. The van der Waals surface area contributed by atoms with E-state index in [1.807, 2.05) is 24.3 Å². The number of H-pyrrole nitrogens is 1. The normalized spacial score (nSPS) is 15.9. The topological polar surface area (TPSA) is 95.1 Å². The number of halogens is 1. The average Bonchev–Trinajstić information content (AvgIpc) is 3.07. The molecule has 3 N–H and O–H groups in total. The number of benzene rings is 1. The first-order valence-corrected chi connectivity index (χ1v) is 9.15. The van der Waals surface area contributed by atoms with Gasteiger partial charge in [0, 0.05) is 22.9 Å². The van der Waals surface area contributed by atoms with Gasteiger partial charge in [-0.15, -0.1) is 0 Å². The van der Waals surface area contributed by atoms with Crippen LogP contribution in [0.3, 0.4) is 0 Å².